The Morgan fingerprint density at radius 3 is 2.44 bits per heavy atom. The summed E-state index contributed by atoms with van der Waals surface area (Å²) in [5.74, 6) is 0.0804. The fourth-order valence-corrected chi connectivity index (χ4v) is 3.51. The molecule has 1 saturated heterocycles. The molecule has 6 nitrogen and oxygen atoms in total. The third-order valence-corrected chi connectivity index (χ3v) is 5.25. The summed E-state index contributed by atoms with van der Waals surface area (Å²) in [6.07, 6.45) is 1.50. The summed E-state index contributed by atoms with van der Waals surface area (Å²) in [5.41, 5.74) is 0.380. The van der Waals surface area contributed by atoms with Crippen LogP contribution in [0.1, 0.15) is 17.5 Å². The number of hydrogen-bond acceptors (Lipinski definition) is 5. The van der Waals surface area contributed by atoms with Crippen LogP contribution in [-0.2, 0) is 28.0 Å². The maximum Gasteiger partial charge on any atom is 0.416 e. The number of hydrogen-bond donors (Lipinski definition) is 0. The molecule has 4 rings (SSSR count). The first-order chi connectivity index (χ1) is 15.4. The topological polar surface area (TPSA) is 54.7 Å². The van der Waals surface area contributed by atoms with Crippen molar-refractivity contribution in [3.05, 3.63) is 78.4 Å². The minimum absolute atomic E-state index is 0.143. The minimum Gasteiger partial charge on any atom is -0.497 e. The number of aryl methyl sites for hydroxylation is 1. The quantitative estimate of drug-likeness (QED) is 0.502. The van der Waals surface area contributed by atoms with Gasteiger partial charge in [0.1, 0.15) is 24.2 Å². The number of benzene rings is 2. The summed E-state index contributed by atoms with van der Waals surface area (Å²) in [6, 6.07) is 12.3. The van der Waals surface area contributed by atoms with Gasteiger partial charge in [-0.05, 0) is 48.4 Å². The Morgan fingerprint density at radius 2 is 1.81 bits per heavy atom. The van der Waals surface area contributed by atoms with Crippen LogP contribution in [0.25, 0.3) is 0 Å². The van der Waals surface area contributed by atoms with E-state index in [2.05, 4.69) is 4.98 Å². The Bertz CT molecular complexity index is 992. The van der Waals surface area contributed by atoms with Crippen LogP contribution in [0, 0.1) is 0 Å². The van der Waals surface area contributed by atoms with E-state index < -0.39 is 23.8 Å². The van der Waals surface area contributed by atoms with Gasteiger partial charge < -0.3 is 18.9 Å². The van der Waals surface area contributed by atoms with Crippen molar-refractivity contribution < 1.29 is 32.1 Å². The van der Waals surface area contributed by atoms with Gasteiger partial charge in [-0.2, -0.15) is 13.2 Å². The van der Waals surface area contributed by atoms with E-state index >= 15 is 0 Å². The maximum atomic E-state index is 12.7. The highest BCUT2D eigenvalue weighted by Crippen LogP contribution is 2.34. The van der Waals surface area contributed by atoms with Gasteiger partial charge in [-0.25, -0.2) is 4.98 Å². The van der Waals surface area contributed by atoms with Gasteiger partial charge in [-0.15, -0.1) is 0 Å². The highest BCUT2D eigenvalue weighted by Gasteiger charge is 2.43. The summed E-state index contributed by atoms with van der Waals surface area (Å²) < 4.78 is 63.0. The number of ether oxygens (including phenoxy) is 4. The van der Waals surface area contributed by atoms with Crippen LogP contribution in [0.15, 0.2) is 67.3 Å². The van der Waals surface area contributed by atoms with E-state index in [1.165, 1.54) is 12.1 Å². The predicted octanol–water partition coefficient (Wildman–Crippen LogP) is 4.65. The van der Waals surface area contributed by atoms with E-state index in [0.717, 1.165) is 23.4 Å². The highest BCUT2D eigenvalue weighted by molar-refractivity contribution is 5.29. The molecule has 0 N–H and O–H groups in total. The van der Waals surface area contributed by atoms with Crippen LogP contribution >= 0.6 is 0 Å². The van der Waals surface area contributed by atoms with Gasteiger partial charge >= 0.3 is 6.18 Å². The average molecular weight is 448 g/mol. The summed E-state index contributed by atoms with van der Waals surface area (Å²) >= 11 is 0. The Balaban J connectivity index is 1.39. The lowest BCUT2D eigenvalue weighted by Crippen LogP contribution is -2.36. The molecule has 0 radical (unpaired) electrons. The van der Waals surface area contributed by atoms with E-state index in [0.29, 0.717) is 18.6 Å². The number of nitrogens with zero attached hydrogens (tertiary/aromatic N) is 2. The van der Waals surface area contributed by atoms with Crippen molar-refractivity contribution in [2.45, 2.75) is 31.0 Å². The van der Waals surface area contributed by atoms with Crippen LogP contribution in [0.3, 0.4) is 0 Å². The average Bonchev–Trinajstić information content (AvgIpc) is 3.47. The van der Waals surface area contributed by atoms with Crippen molar-refractivity contribution >= 4 is 0 Å². The Labute approximate surface area is 183 Å². The molecular weight excluding hydrogens is 425 g/mol. The number of aromatic nitrogens is 2. The number of halogens is 3. The van der Waals surface area contributed by atoms with Crippen molar-refractivity contribution in [1.82, 2.24) is 9.55 Å². The van der Waals surface area contributed by atoms with Crippen LogP contribution in [-0.4, -0.2) is 36.0 Å². The first-order valence-electron chi connectivity index (χ1n) is 10.1. The molecule has 0 aliphatic carbocycles. The zero-order valence-corrected chi connectivity index (χ0v) is 17.4. The molecular formula is C23H23F3N2O4. The van der Waals surface area contributed by atoms with Gasteiger partial charge in [0.15, 0.2) is 0 Å². The molecule has 0 spiro atoms. The zero-order valence-electron chi connectivity index (χ0n) is 17.4. The predicted molar refractivity (Wildman–Crippen MR) is 109 cm³/mol. The van der Waals surface area contributed by atoms with E-state index in [9.17, 15) is 13.2 Å². The second-order valence-electron chi connectivity index (χ2n) is 7.41. The summed E-state index contributed by atoms with van der Waals surface area (Å²) in [6.45, 7) is 0.422. The fourth-order valence-electron chi connectivity index (χ4n) is 3.51. The molecule has 0 saturated carbocycles. The maximum absolute atomic E-state index is 12.7. The molecule has 0 bridgehead atoms. The number of methoxy groups -OCH3 is 1. The van der Waals surface area contributed by atoms with Gasteiger partial charge in [0, 0.05) is 18.8 Å². The molecule has 2 aromatic carbocycles. The van der Waals surface area contributed by atoms with Gasteiger partial charge in [-0.3, -0.25) is 4.57 Å². The molecule has 0 amide bonds. The van der Waals surface area contributed by atoms with Crippen molar-refractivity contribution in [3.8, 4) is 11.5 Å². The third-order valence-electron chi connectivity index (χ3n) is 5.25. The zero-order chi connectivity index (χ0) is 22.6. The van der Waals surface area contributed by atoms with Crippen LogP contribution in [0.4, 0.5) is 13.2 Å². The molecule has 1 aromatic heterocycles. The van der Waals surface area contributed by atoms with E-state index in [1.807, 2.05) is 24.3 Å². The lowest BCUT2D eigenvalue weighted by molar-refractivity contribution is -0.238. The molecule has 2 atom stereocenters. The van der Waals surface area contributed by atoms with E-state index in [-0.39, 0.29) is 13.2 Å². The highest BCUT2D eigenvalue weighted by atomic mass is 19.4. The molecule has 1 fully saturated rings. The molecule has 1 aliphatic rings. The monoisotopic (exact) mass is 448 g/mol. The van der Waals surface area contributed by atoms with Crippen molar-refractivity contribution in [2.75, 3.05) is 20.3 Å². The largest absolute Gasteiger partial charge is 0.497 e. The normalized spacial score (nSPS) is 20.9. The van der Waals surface area contributed by atoms with Crippen molar-refractivity contribution in [1.29, 1.82) is 0 Å². The Hall–Kier alpha value is -3.04. The Morgan fingerprint density at radius 1 is 1.09 bits per heavy atom. The number of rotatable bonds is 8. The molecule has 170 valence electrons. The molecule has 9 heteroatoms. The summed E-state index contributed by atoms with van der Waals surface area (Å²) in [4.78, 5) is 4.10. The first kappa shape index (κ1) is 22.2. The smallest absolute Gasteiger partial charge is 0.416 e. The minimum atomic E-state index is -4.38. The fraction of sp³-hybridized carbons (Fsp3) is 0.348. The van der Waals surface area contributed by atoms with Crippen LogP contribution in [0.5, 0.6) is 11.5 Å². The van der Waals surface area contributed by atoms with Crippen molar-refractivity contribution in [3.63, 3.8) is 0 Å². The second-order valence-corrected chi connectivity index (χ2v) is 7.41. The molecule has 2 heterocycles. The van der Waals surface area contributed by atoms with Crippen LogP contribution < -0.4 is 9.47 Å². The standard InChI is InChI=1S/C23H23F3N2O4/c1-29-19-6-2-17(3-7-19)10-11-22(28-13-12-27-16-28)31-15-21(32-22)14-30-20-8-4-18(5-9-20)23(24,25)26/h2-9,12-13,16,21H,10-11,14-15H2,1H3. The van der Waals surface area contributed by atoms with Gasteiger partial charge in [0.25, 0.3) is 5.91 Å². The number of alkyl halides is 3. The lowest BCUT2D eigenvalue weighted by Gasteiger charge is -2.29. The van der Waals surface area contributed by atoms with Crippen LogP contribution in [0.2, 0.25) is 0 Å². The van der Waals surface area contributed by atoms with Crippen molar-refractivity contribution in [2.24, 2.45) is 0 Å². The van der Waals surface area contributed by atoms with Gasteiger partial charge in [0.05, 0.1) is 25.6 Å². The molecule has 1 aliphatic heterocycles. The number of imidazole rings is 1. The molecule has 2 unspecified atom stereocenters. The van der Waals surface area contributed by atoms with E-state index in [4.69, 9.17) is 18.9 Å². The first-order valence-corrected chi connectivity index (χ1v) is 10.1. The molecule has 32 heavy (non-hydrogen) atoms. The summed E-state index contributed by atoms with van der Waals surface area (Å²) in [5, 5.41) is 0. The van der Waals surface area contributed by atoms with E-state index in [1.54, 1.807) is 30.4 Å². The Kier molecular flexibility index (Phi) is 6.38. The third kappa shape index (κ3) is 5.05. The SMILES string of the molecule is COc1ccc(CCC2(n3ccnc3)OCC(COc3ccc(C(F)(F)F)cc3)O2)cc1. The lowest BCUT2D eigenvalue weighted by atomic mass is 10.1. The second kappa shape index (κ2) is 9.22. The van der Waals surface area contributed by atoms with Gasteiger partial charge in [0.2, 0.25) is 0 Å². The summed E-state index contributed by atoms with van der Waals surface area (Å²) in [7, 11) is 1.62. The van der Waals surface area contributed by atoms with Gasteiger partial charge in [-0.1, -0.05) is 12.1 Å². The molecule has 3 aromatic rings.